The molecule has 1 saturated heterocycles. The highest BCUT2D eigenvalue weighted by atomic mass is 79.9. The Bertz CT molecular complexity index is 1970. The van der Waals surface area contributed by atoms with Gasteiger partial charge < -0.3 is 9.72 Å². The molecular weight excluding hydrogens is 725 g/mol. The van der Waals surface area contributed by atoms with Crippen molar-refractivity contribution in [1.29, 1.82) is 0 Å². The van der Waals surface area contributed by atoms with Crippen molar-refractivity contribution in [3.8, 4) is 5.75 Å². The number of imide groups is 1. The Hall–Kier alpha value is -3.06. The molecular formula is C33H23BrClF3N2O4S2. The molecule has 1 aromatic heterocycles. The Kier molecular flexibility index (Phi) is 7.24. The van der Waals surface area contributed by atoms with Crippen molar-refractivity contribution < 1.29 is 27.5 Å². The number of hydrogen-bond donors (Lipinski definition) is 1. The number of carbonyl (C=O) groups is 2. The second-order valence-corrected chi connectivity index (χ2v) is 15.7. The fraction of sp³-hybridized carbons (Fsp3) is 0.303. The summed E-state index contributed by atoms with van der Waals surface area (Å²) in [5.74, 6) is -2.35. The van der Waals surface area contributed by atoms with Crippen molar-refractivity contribution in [2.75, 3.05) is 4.90 Å². The van der Waals surface area contributed by atoms with Gasteiger partial charge in [-0.05, 0) is 78.3 Å². The number of hydrogen-bond acceptors (Lipinski definition) is 6. The van der Waals surface area contributed by atoms with E-state index in [9.17, 15) is 27.6 Å². The van der Waals surface area contributed by atoms with Gasteiger partial charge in [0, 0.05) is 31.1 Å². The van der Waals surface area contributed by atoms with E-state index in [1.165, 1.54) is 12.1 Å². The molecule has 2 aliphatic carbocycles. The summed E-state index contributed by atoms with van der Waals surface area (Å²) in [6.45, 7) is 0.285. The number of alkyl halides is 3. The highest BCUT2D eigenvalue weighted by molar-refractivity contribution is 9.10. The molecule has 3 fully saturated rings. The maximum absolute atomic E-state index is 14.0. The lowest BCUT2D eigenvalue weighted by Gasteiger charge is -2.43. The number of benzene rings is 3. The van der Waals surface area contributed by atoms with E-state index in [1.54, 1.807) is 23.9 Å². The first-order valence-electron chi connectivity index (χ1n) is 14.6. The highest BCUT2D eigenvalue weighted by Crippen LogP contribution is 2.69. The number of amides is 2. The number of anilines is 1. The number of thiazole rings is 1. The lowest BCUT2D eigenvalue weighted by Crippen LogP contribution is -2.42. The average Bonchev–Trinajstić information content (AvgIpc) is 3.75. The molecule has 2 amide bonds. The third-order valence-corrected chi connectivity index (χ3v) is 13.1. The first-order chi connectivity index (χ1) is 22.0. The topological polar surface area (TPSA) is 79.5 Å². The monoisotopic (exact) mass is 746 g/mol. The van der Waals surface area contributed by atoms with Crippen LogP contribution < -0.4 is 14.5 Å². The second kappa shape index (κ2) is 11.0. The van der Waals surface area contributed by atoms with E-state index < -0.39 is 35.4 Å². The number of fused-ring (bicyclic) bond motifs is 9. The van der Waals surface area contributed by atoms with Crippen LogP contribution in [0.3, 0.4) is 0 Å². The summed E-state index contributed by atoms with van der Waals surface area (Å²) in [6.07, 6.45) is -3.96. The second-order valence-electron chi connectivity index (χ2n) is 12.1. The van der Waals surface area contributed by atoms with Gasteiger partial charge in [-0.1, -0.05) is 57.1 Å². The van der Waals surface area contributed by atoms with E-state index >= 15 is 0 Å². The van der Waals surface area contributed by atoms with E-state index in [0.717, 1.165) is 53.9 Å². The predicted molar refractivity (Wildman–Crippen MR) is 172 cm³/mol. The molecule has 13 heteroatoms. The molecule has 6 nitrogen and oxygen atoms in total. The largest absolute Gasteiger partial charge is 0.489 e. The van der Waals surface area contributed by atoms with Crippen LogP contribution >= 0.6 is 50.6 Å². The Labute approximate surface area is 282 Å². The summed E-state index contributed by atoms with van der Waals surface area (Å²) < 4.78 is 47.8. The fourth-order valence-corrected chi connectivity index (χ4v) is 11.5. The summed E-state index contributed by atoms with van der Waals surface area (Å²) >= 11 is 12.4. The van der Waals surface area contributed by atoms with Gasteiger partial charge in [0.25, 0.3) is 0 Å². The molecule has 2 bridgehead atoms. The molecule has 236 valence electrons. The van der Waals surface area contributed by atoms with Crippen LogP contribution in [0, 0.1) is 29.6 Å². The molecule has 2 saturated carbocycles. The lowest BCUT2D eigenvalue weighted by atomic mass is 9.68. The van der Waals surface area contributed by atoms with E-state index in [-0.39, 0.29) is 46.1 Å². The van der Waals surface area contributed by atoms with Crippen molar-refractivity contribution in [2.24, 2.45) is 29.6 Å². The molecule has 8 rings (SSSR count). The van der Waals surface area contributed by atoms with Crippen molar-refractivity contribution in [2.45, 2.75) is 35.4 Å². The van der Waals surface area contributed by atoms with E-state index in [1.807, 2.05) is 30.3 Å². The maximum atomic E-state index is 14.0. The van der Waals surface area contributed by atoms with Gasteiger partial charge in [-0.3, -0.25) is 19.3 Å². The van der Waals surface area contributed by atoms with Crippen molar-refractivity contribution in [3.05, 3.63) is 107 Å². The van der Waals surface area contributed by atoms with Crippen LogP contribution in [0.5, 0.6) is 5.75 Å². The predicted octanol–water partition coefficient (Wildman–Crippen LogP) is 8.13. The van der Waals surface area contributed by atoms with Gasteiger partial charge in [0.1, 0.15) is 12.4 Å². The molecule has 4 aliphatic rings. The molecule has 4 aromatic rings. The number of H-pyrrole nitrogens is 1. The van der Waals surface area contributed by atoms with E-state index in [0.29, 0.717) is 17.2 Å². The van der Waals surface area contributed by atoms with Gasteiger partial charge in [-0.2, -0.15) is 13.2 Å². The summed E-state index contributed by atoms with van der Waals surface area (Å²) in [6, 6.07) is 17.5. The standard InChI is InChI=1S/C33H23BrClF3N2O4S2/c34-16-6-9-22(44-13-14-4-7-17(35)8-5-14)19(11-16)23-24-20-12-21(27(24)45-29-28(23)46-32(43)39-29)26-25(20)30(41)40(31(26)42)18-3-1-2-15(10-18)33(36,37)38/h1-11,20-21,23-27H,12-13H2,(H,39,43)/t20?,21?,23-,24?,25?,26?,27?/m1/s1. The summed E-state index contributed by atoms with van der Waals surface area (Å²) in [5, 5.41) is 1.28. The Morgan fingerprint density at radius 2 is 1.72 bits per heavy atom. The summed E-state index contributed by atoms with van der Waals surface area (Å²) in [7, 11) is 0. The van der Waals surface area contributed by atoms with Gasteiger partial charge in [-0.25, -0.2) is 0 Å². The van der Waals surface area contributed by atoms with Crippen LogP contribution in [0.15, 0.2) is 81.0 Å². The SMILES string of the molecule is O=C1C2C3CC(C2C(=O)N1c1cccc(C(F)(F)F)c1)C1C3Sc2[nH]c(=O)sc2[C@@H]1c1cc(Br)ccc1OCc1ccc(Cl)cc1. The lowest BCUT2D eigenvalue weighted by molar-refractivity contribution is -0.137. The maximum Gasteiger partial charge on any atom is 0.416 e. The van der Waals surface area contributed by atoms with Crippen LogP contribution in [0.25, 0.3) is 0 Å². The zero-order valence-corrected chi connectivity index (χ0v) is 27.6. The molecule has 0 spiro atoms. The van der Waals surface area contributed by atoms with E-state index in [2.05, 4.69) is 20.9 Å². The van der Waals surface area contributed by atoms with Crippen molar-refractivity contribution >= 4 is 68.1 Å². The first kappa shape index (κ1) is 30.3. The number of aromatic nitrogens is 1. The summed E-state index contributed by atoms with van der Waals surface area (Å²) in [5.41, 5.74) is 0.823. The van der Waals surface area contributed by atoms with Crippen LogP contribution in [0.1, 0.15) is 33.9 Å². The third-order valence-electron chi connectivity index (χ3n) is 9.77. The van der Waals surface area contributed by atoms with Gasteiger partial charge >= 0.3 is 11.0 Å². The van der Waals surface area contributed by atoms with Crippen LogP contribution in [0.2, 0.25) is 5.02 Å². The molecule has 3 aromatic carbocycles. The minimum atomic E-state index is -4.61. The minimum Gasteiger partial charge on any atom is -0.489 e. The van der Waals surface area contributed by atoms with E-state index in [4.69, 9.17) is 16.3 Å². The minimum absolute atomic E-state index is 0.0564. The fourth-order valence-electron chi connectivity index (χ4n) is 8.08. The van der Waals surface area contributed by atoms with Gasteiger partial charge in [0.15, 0.2) is 0 Å². The number of nitrogens with zero attached hydrogens (tertiary/aromatic N) is 1. The zero-order valence-electron chi connectivity index (χ0n) is 23.6. The van der Waals surface area contributed by atoms with Gasteiger partial charge in [0.2, 0.25) is 11.8 Å². The first-order valence-corrected chi connectivity index (χ1v) is 17.5. The molecule has 46 heavy (non-hydrogen) atoms. The average molecular weight is 748 g/mol. The Balaban J connectivity index is 1.18. The molecule has 7 atom stereocenters. The quantitative estimate of drug-likeness (QED) is 0.209. The smallest absolute Gasteiger partial charge is 0.416 e. The molecule has 1 N–H and O–H groups in total. The number of rotatable bonds is 5. The number of halogens is 5. The number of thioether (sulfide) groups is 1. The number of nitrogens with one attached hydrogen (secondary N) is 1. The Morgan fingerprint density at radius 3 is 2.46 bits per heavy atom. The molecule has 2 aliphatic heterocycles. The number of carbonyl (C=O) groups excluding carboxylic acids is 2. The van der Waals surface area contributed by atoms with Gasteiger partial charge in [0.05, 0.1) is 28.1 Å². The normalized spacial score (nSPS) is 27.9. The summed E-state index contributed by atoms with van der Waals surface area (Å²) in [4.78, 5) is 45.3. The zero-order chi connectivity index (χ0) is 32.1. The molecule has 6 unspecified atom stereocenters. The molecule has 3 heterocycles. The van der Waals surface area contributed by atoms with Gasteiger partial charge in [-0.15, -0.1) is 11.8 Å². The number of aromatic amines is 1. The highest BCUT2D eigenvalue weighted by Gasteiger charge is 2.70. The van der Waals surface area contributed by atoms with Crippen molar-refractivity contribution in [3.63, 3.8) is 0 Å². The van der Waals surface area contributed by atoms with Crippen LogP contribution in [-0.4, -0.2) is 22.0 Å². The molecule has 0 radical (unpaired) electrons. The number of ether oxygens (including phenoxy) is 1. The Morgan fingerprint density at radius 1 is 0.978 bits per heavy atom. The van der Waals surface area contributed by atoms with Crippen LogP contribution in [0.4, 0.5) is 18.9 Å². The third kappa shape index (κ3) is 4.78. The van der Waals surface area contributed by atoms with Crippen molar-refractivity contribution in [1.82, 2.24) is 4.98 Å². The van der Waals surface area contributed by atoms with Crippen LogP contribution in [-0.2, 0) is 22.4 Å².